The molecule has 2 aromatic heterocycles. The Kier molecular flexibility index (Phi) is 10.8. The zero-order valence-electron chi connectivity index (χ0n) is 19.6. The second-order valence-corrected chi connectivity index (χ2v) is 7.87. The first kappa shape index (κ1) is 27.1. The first-order valence-corrected chi connectivity index (χ1v) is 10.9. The molecule has 3 rings (SSSR count). The molecule has 1 saturated heterocycles. The van der Waals surface area contributed by atoms with Crippen LogP contribution in [0.3, 0.4) is 0 Å². The highest BCUT2D eigenvalue weighted by atomic mass is 19.4. The van der Waals surface area contributed by atoms with Crippen molar-refractivity contribution in [1.82, 2.24) is 20.1 Å². The molecule has 34 heavy (non-hydrogen) atoms. The van der Waals surface area contributed by atoms with Gasteiger partial charge in [-0.2, -0.15) is 18.3 Å². The van der Waals surface area contributed by atoms with E-state index in [4.69, 9.17) is 4.74 Å². The van der Waals surface area contributed by atoms with Gasteiger partial charge in [-0.25, -0.2) is 10.1 Å². The predicted molar refractivity (Wildman–Crippen MR) is 123 cm³/mol. The Morgan fingerprint density at radius 2 is 1.91 bits per heavy atom. The summed E-state index contributed by atoms with van der Waals surface area (Å²) in [5.41, 5.74) is 2.22. The van der Waals surface area contributed by atoms with Gasteiger partial charge in [-0.15, -0.1) is 0 Å². The van der Waals surface area contributed by atoms with Crippen molar-refractivity contribution in [1.29, 1.82) is 0 Å². The Labute approximate surface area is 196 Å². The summed E-state index contributed by atoms with van der Waals surface area (Å²) < 4.78 is 34.7. The third-order valence-corrected chi connectivity index (χ3v) is 5.25. The molecule has 3 heterocycles. The lowest BCUT2D eigenvalue weighted by molar-refractivity contribution is -0.132. The van der Waals surface area contributed by atoms with E-state index in [1.807, 2.05) is 17.9 Å². The van der Waals surface area contributed by atoms with Gasteiger partial charge in [0, 0.05) is 44.0 Å². The summed E-state index contributed by atoms with van der Waals surface area (Å²) in [6.07, 6.45) is 3.75. The van der Waals surface area contributed by atoms with Gasteiger partial charge in [-0.05, 0) is 32.4 Å². The van der Waals surface area contributed by atoms with Crippen molar-refractivity contribution in [2.45, 2.75) is 39.9 Å². The number of aryl methyl sites for hydroxylation is 1. The molecule has 1 amide bonds. The van der Waals surface area contributed by atoms with Crippen molar-refractivity contribution < 1.29 is 22.7 Å². The molecular formula is C22H31F3N6O3. The quantitative estimate of drug-likeness (QED) is 0.555. The normalized spacial score (nSPS) is 14.4. The number of alkyl halides is 3. The van der Waals surface area contributed by atoms with Crippen LogP contribution in [0.15, 0.2) is 29.3 Å². The fourth-order valence-electron chi connectivity index (χ4n) is 3.46. The number of nitrogens with zero attached hydrogens (tertiary/aromatic N) is 4. The molecule has 0 aliphatic carbocycles. The summed E-state index contributed by atoms with van der Waals surface area (Å²) >= 11 is 0. The van der Waals surface area contributed by atoms with Gasteiger partial charge in [-0.1, -0.05) is 6.07 Å². The minimum Gasteiger partial charge on any atom is -0.379 e. The molecule has 0 spiro atoms. The van der Waals surface area contributed by atoms with Crippen LogP contribution < -0.4 is 15.8 Å². The van der Waals surface area contributed by atoms with Gasteiger partial charge in [0.2, 0.25) is 5.91 Å². The van der Waals surface area contributed by atoms with Crippen LogP contribution in [0.1, 0.15) is 24.5 Å². The fourth-order valence-corrected chi connectivity index (χ4v) is 3.46. The number of carbonyl (C=O) groups is 1. The van der Waals surface area contributed by atoms with E-state index < -0.39 is 6.68 Å². The number of H-pyrrole nitrogens is 1. The number of halogens is 3. The summed E-state index contributed by atoms with van der Waals surface area (Å²) in [7, 11) is 0. The second-order valence-electron chi connectivity index (χ2n) is 7.87. The molecule has 0 aromatic carbocycles. The third-order valence-electron chi connectivity index (χ3n) is 5.25. The first-order valence-electron chi connectivity index (χ1n) is 10.9. The standard InChI is InChI=1S/C21H30N6O3.CHF3/c1-15-5-4-7-22-20(15)27-10-8-26(9-11-27)19(28)6-12-30-14-16(2)24-18-13-23-25-21(29)17(18)3;2-1(3)4/h4-5,7,13,16H,6,8-12,14H2,1-3H3,(H2,24,25,29);1H/t16-;/m0./s1. The van der Waals surface area contributed by atoms with Gasteiger partial charge in [0.15, 0.2) is 0 Å². The Balaban J connectivity index is 0.000000945. The lowest BCUT2D eigenvalue weighted by Gasteiger charge is -2.36. The number of rotatable bonds is 8. The number of aromatic amines is 1. The molecule has 0 radical (unpaired) electrons. The molecule has 1 fully saturated rings. The average molecular weight is 485 g/mol. The van der Waals surface area contributed by atoms with Crippen molar-refractivity contribution in [2.24, 2.45) is 0 Å². The summed E-state index contributed by atoms with van der Waals surface area (Å²) in [6.45, 7) is 5.86. The lowest BCUT2D eigenvalue weighted by Crippen LogP contribution is -2.49. The minimum absolute atomic E-state index is 0.00689. The summed E-state index contributed by atoms with van der Waals surface area (Å²) in [5.74, 6) is 1.11. The fraction of sp³-hybridized carbons (Fsp3) is 0.545. The maximum Gasteiger partial charge on any atom is 0.379 e. The first-order chi connectivity index (χ1) is 16.2. The van der Waals surface area contributed by atoms with Crippen LogP contribution in [0.4, 0.5) is 24.7 Å². The Morgan fingerprint density at radius 3 is 2.56 bits per heavy atom. The van der Waals surface area contributed by atoms with Gasteiger partial charge in [0.1, 0.15) is 5.82 Å². The van der Waals surface area contributed by atoms with Gasteiger partial charge in [-0.3, -0.25) is 9.59 Å². The molecule has 9 nitrogen and oxygen atoms in total. The maximum atomic E-state index is 12.5. The van der Waals surface area contributed by atoms with Crippen molar-refractivity contribution in [3.05, 3.63) is 46.0 Å². The van der Waals surface area contributed by atoms with Gasteiger partial charge in [0.25, 0.3) is 5.56 Å². The van der Waals surface area contributed by atoms with Crippen LogP contribution in [0.2, 0.25) is 0 Å². The van der Waals surface area contributed by atoms with Crippen molar-refractivity contribution in [3.63, 3.8) is 0 Å². The number of ether oxygens (including phenoxy) is 1. The smallest absolute Gasteiger partial charge is 0.379 e. The van der Waals surface area contributed by atoms with E-state index in [9.17, 15) is 22.8 Å². The summed E-state index contributed by atoms with van der Waals surface area (Å²) in [6, 6.07) is 3.99. The van der Waals surface area contributed by atoms with E-state index in [0.29, 0.717) is 44.0 Å². The zero-order chi connectivity index (χ0) is 25.1. The molecule has 0 bridgehead atoms. The third kappa shape index (κ3) is 8.65. The van der Waals surface area contributed by atoms with E-state index in [-0.39, 0.29) is 17.5 Å². The predicted octanol–water partition coefficient (Wildman–Crippen LogP) is 2.52. The van der Waals surface area contributed by atoms with Gasteiger partial charge < -0.3 is 19.9 Å². The molecule has 1 aliphatic heterocycles. The zero-order valence-corrected chi connectivity index (χ0v) is 19.6. The van der Waals surface area contributed by atoms with Crippen LogP contribution in [0, 0.1) is 13.8 Å². The maximum absolute atomic E-state index is 12.5. The molecular weight excluding hydrogens is 453 g/mol. The second kappa shape index (κ2) is 13.5. The van der Waals surface area contributed by atoms with E-state index in [1.54, 1.807) is 19.3 Å². The van der Waals surface area contributed by atoms with Crippen LogP contribution >= 0.6 is 0 Å². The molecule has 1 atom stereocenters. The highest BCUT2D eigenvalue weighted by Crippen LogP contribution is 2.18. The van der Waals surface area contributed by atoms with Gasteiger partial charge >= 0.3 is 6.68 Å². The number of piperazine rings is 1. The number of aromatic nitrogens is 3. The molecule has 0 unspecified atom stereocenters. The van der Waals surface area contributed by atoms with E-state index in [2.05, 4.69) is 38.4 Å². The number of anilines is 2. The molecule has 188 valence electrons. The molecule has 12 heteroatoms. The topological polar surface area (TPSA) is 103 Å². The molecule has 0 saturated carbocycles. The summed E-state index contributed by atoms with van der Waals surface area (Å²) in [5, 5.41) is 9.41. The number of carbonyl (C=O) groups excluding carboxylic acids is 1. The average Bonchev–Trinajstić information content (AvgIpc) is 2.80. The number of nitrogens with one attached hydrogen (secondary N) is 2. The van der Waals surface area contributed by atoms with E-state index in [1.165, 1.54) is 0 Å². The van der Waals surface area contributed by atoms with Crippen molar-refractivity contribution in [3.8, 4) is 0 Å². The molecule has 1 aliphatic rings. The number of hydrogen-bond acceptors (Lipinski definition) is 7. The van der Waals surface area contributed by atoms with Crippen LogP contribution in [-0.4, -0.2) is 78.1 Å². The Hall–Kier alpha value is -3.15. The summed E-state index contributed by atoms with van der Waals surface area (Å²) in [4.78, 5) is 32.6. The van der Waals surface area contributed by atoms with Crippen molar-refractivity contribution in [2.75, 3.05) is 49.6 Å². The Bertz CT molecular complexity index is 964. The van der Waals surface area contributed by atoms with Crippen LogP contribution in [0.5, 0.6) is 0 Å². The highest BCUT2D eigenvalue weighted by Gasteiger charge is 2.22. The number of pyridine rings is 1. The molecule has 2 N–H and O–H groups in total. The SMILES string of the molecule is Cc1cccnc1N1CCN(C(=O)CCOC[C@H](C)Nc2cn[nH]c(=O)c2C)CC1.FC(F)F. The van der Waals surface area contributed by atoms with E-state index in [0.717, 1.165) is 24.5 Å². The monoisotopic (exact) mass is 484 g/mol. The highest BCUT2D eigenvalue weighted by molar-refractivity contribution is 5.76. The van der Waals surface area contributed by atoms with Gasteiger partial charge in [0.05, 0.1) is 31.5 Å². The lowest BCUT2D eigenvalue weighted by atomic mass is 10.2. The van der Waals surface area contributed by atoms with Crippen molar-refractivity contribution >= 4 is 17.4 Å². The minimum atomic E-state index is -3.67. The van der Waals surface area contributed by atoms with Crippen LogP contribution in [-0.2, 0) is 9.53 Å². The largest absolute Gasteiger partial charge is 0.379 e. The van der Waals surface area contributed by atoms with E-state index >= 15 is 0 Å². The van der Waals surface area contributed by atoms with Crippen LogP contribution in [0.25, 0.3) is 0 Å². The molecule has 2 aromatic rings. The Morgan fingerprint density at radius 1 is 1.24 bits per heavy atom. The number of amides is 1. The number of hydrogen-bond donors (Lipinski definition) is 2.